The Morgan fingerprint density at radius 3 is 3.00 bits per heavy atom. The molecule has 0 bridgehead atoms. The van der Waals surface area contributed by atoms with Crippen LogP contribution in [0, 0.1) is 6.92 Å². The maximum atomic E-state index is 11.3. The highest BCUT2D eigenvalue weighted by atomic mass is 35.5. The third kappa shape index (κ3) is 4.87. The Balaban J connectivity index is 2.42. The predicted molar refractivity (Wildman–Crippen MR) is 68.6 cm³/mol. The van der Waals surface area contributed by atoms with Gasteiger partial charge in [0.25, 0.3) is 5.91 Å². The lowest BCUT2D eigenvalue weighted by molar-refractivity contribution is -0.123. The minimum atomic E-state index is -0.290. The van der Waals surface area contributed by atoms with Gasteiger partial charge in [0.1, 0.15) is 5.75 Å². The van der Waals surface area contributed by atoms with E-state index in [1.807, 2.05) is 13.8 Å². The molecule has 1 aromatic carbocycles. The van der Waals surface area contributed by atoms with Crippen LogP contribution in [-0.4, -0.2) is 18.7 Å². The molecule has 0 unspecified atom stereocenters. The topological polar surface area (TPSA) is 50.7 Å². The van der Waals surface area contributed by atoms with Crippen molar-refractivity contribution < 1.29 is 9.53 Å². The number of nitrogens with one attached hydrogen (secondary N) is 1. The van der Waals surface area contributed by atoms with Crippen molar-refractivity contribution in [3.63, 3.8) is 0 Å². The monoisotopic (exact) mass is 254 g/mol. The number of ether oxygens (including phenoxy) is 1. The molecule has 17 heavy (non-hydrogen) atoms. The Bertz CT molecular complexity index is 419. The van der Waals surface area contributed by atoms with Crippen LogP contribution in [0.1, 0.15) is 18.9 Å². The van der Waals surface area contributed by atoms with Crippen LogP contribution in [0.3, 0.4) is 0 Å². The molecule has 1 aromatic rings. The Labute approximate surface area is 106 Å². The minimum absolute atomic E-state index is 0.0673. The molecule has 0 spiro atoms. The first-order valence-corrected chi connectivity index (χ1v) is 5.70. The van der Waals surface area contributed by atoms with Crippen molar-refractivity contribution in [3.05, 3.63) is 28.8 Å². The van der Waals surface area contributed by atoms with Crippen molar-refractivity contribution in [1.29, 1.82) is 0 Å². The van der Waals surface area contributed by atoms with Crippen LogP contribution in [0.15, 0.2) is 23.3 Å². The number of benzene rings is 1. The smallest absolute Gasteiger partial charge is 0.277 e. The highest BCUT2D eigenvalue weighted by molar-refractivity contribution is 6.31. The molecule has 0 aliphatic heterocycles. The molecule has 0 fully saturated rings. The third-order valence-corrected chi connectivity index (χ3v) is 2.39. The maximum absolute atomic E-state index is 11.3. The van der Waals surface area contributed by atoms with Gasteiger partial charge in [0.15, 0.2) is 6.61 Å². The molecular formula is C12H15ClN2O2. The fourth-order valence-electron chi connectivity index (χ4n) is 1.10. The second-order valence-electron chi connectivity index (χ2n) is 3.45. The van der Waals surface area contributed by atoms with Crippen molar-refractivity contribution in [2.45, 2.75) is 20.3 Å². The zero-order valence-electron chi connectivity index (χ0n) is 9.87. The Kier molecular flexibility index (Phi) is 5.49. The zero-order chi connectivity index (χ0) is 12.7. The molecule has 0 saturated carbocycles. The van der Waals surface area contributed by atoms with E-state index in [0.29, 0.717) is 10.8 Å². The Hall–Kier alpha value is -1.55. The lowest BCUT2D eigenvalue weighted by atomic mass is 10.2. The van der Waals surface area contributed by atoms with Gasteiger partial charge in [-0.25, -0.2) is 5.43 Å². The summed E-state index contributed by atoms with van der Waals surface area (Å²) in [4.78, 5) is 11.3. The molecule has 1 amide bonds. The van der Waals surface area contributed by atoms with Crippen LogP contribution in [-0.2, 0) is 4.79 Å². The predicted octanol–water partition coefficient (Wildman–Crippen LogP) is 2.54. The second-order valence-corrected chi connectivity index (χ2v) is 3.86. The van der Waals surface area contributed by atoms with E-state index >= 15 is 0 Å². The zero-order valence-corrected chi connectivity index (χ0v) is 10.6. The molecule has 5 heteroatoms. The van der Waals surface area contributed by atoms with Gasteiger partial charge in [-0.1, -0.05) is 18.5 Å². The average molecular weight is 255 g/mol. The van der Waals surface area contributed by atoms with E-state index in [4.69, 9.17) is 16.3 Å². The van der Waals surface area contributed by atoms with Crippen LogP contribution in [0.25, 0.3) is 0 Å². The average Bonchev–Trinajstić information content (AvgIpc) is 2.31. The summed E-state index contributed by atoms with van der Waals surface area (Å²) in [5, 5.41) is 4.38. The molecule has 0 aliphatic rings. The van der Waals surface area contributed by atoms with Gasteiger partial charge >= 0.3 is 0 Å². The van der Waals surface area contributed by atoms with Crippen molar-refractivity contribution in [2.24, 2.45) is 5.10 Å². The van der Waals surface area contributed by atoms with Crippen molar-refractivity contribution >= 4 is 23.7 Å². The number of amides is 1. The number of hydrazone groups is 1. The molecule has 0 heterocycles. The van der Waals surface area contributed by atoms with E-state index in [1.54, 1.807) is 24.4 Å². The number of hydrogen-bond donors (Lipinski definition) is 1. The van der Waals surface area contributed by atoms with Crippen LogP contribution in [0.2, 0.25) is 5.02 Å². The van der Waals surface area contributed by atoms with Crippen molar-refractivity contribution in [2.75, 3.05) is 6.61 Å². The summed E-state index contributed by atoms with van der Waals surface area (Å²) < 4.78 is 5.29. The maximum Gasteiger partial charge on any atom is 0.277 e. The van der Waals surface area contributed by atoms with E-state index in [0.717, 1.165) is 12.0 Å². The number of halogens is 1. The van der Waals surface area contributed by atoms with Gasteiger partial charge in [-0.3, -0.25) is 4.79 Å². The summed E-state index contributed by atoms with van der Waals surface area (Å²) >= 11 is 5.87. The highest BCUT2D eigenvalue weighted by Gasteiger charge is 2.02. The molecular weight excluding hydrogens is 240 g/mol. The number of aryl methyl sites for hydroxylation is 1. The van der Waals surface area contributed by atoms with E-state index in [-0.39, 0.29) is 12.5 Å². The molecule has 0 aromatic heterocycles. The summed E-state index contributed by atoms with van der Waals surface area (Å²) in [7, 11) is 0. The van der Waals surface area contributed by atoms with E-state index < -0.39 is 0 Å². The fraction of sp³-hybridized carbons (Fsp3) is 0.333. The summed E-state index contributed by atoms with van der Waals surface area (Å²) in [5.41, 5.74) is 3.27. The van der Waals surface area contributed by atoms with Crippen LogP contribution in [0.5, 0.6) is 5.75 Å². The van der Waals surface area contributed by atoms with Gasteiger partial charge in [0.2, 0.25) is 0 Å². The largest absolute Gasteiger partial charge is 0.484 e. The van der Waals surface area contributed by atoms with Crippen LogP contribution in [0.4, 0.5) is 0 Å². The Morgan fingerprint density at radius 2 is 2.35 bits per heavy atom. The second kappa shape index (κ2) is 6.91. The lowest BCUT2D eigenvalue weighted by Crippen LogP contribution is -2.24. The molecule has 0 radical (unpaired) electrons. The van der Waals surface area contributed by atoms with Crippen LogP contribution >= 0.6 is 11.6 Å². The minimum Gasteiger partial charge on any atom is -0.484 e. The van der Waals surface area contributed by atoms with Crippen LogP contribution < -0.4 is 10.2 Å². The standard InChI is InChI=1S/C12H15ClN2O2/c1-3-6-14-15-12(16)8-17-10-4-5-11(13)9(2)7-10/h4-7H,3,8H2,1-2H3,(H,15,16). The first-order valence-electron chi connectivity index (χ1n) is 5.32. The lowest BCUT2D eigenvalue weighted by Gasteiger charge is -2.06. The molecule has 1 rings (SSSR count). The quantitative estimate of drug-likeness (QED) is 0.649. The molecule has 0 saturated heterocycles. The van der Waals surface area contributed by atoms with Crippen molar-refractivity contribution in [1.82, 2.24) is 5.43 Å². The SMILES string of the molecule is CCC=NNC(=O)COc1ccc(Cl)c(C)c1. The van der Waals surface area contributed by atoms with Gasteiger partial charge in [0, 0.05) is 11.2 Å². The third-order valence-electron chi connectivity index (χ3n) is 1.96. The first kappa shape index (κ1) is 13.5. The van der Waals surface area contributed by atoms with Gasteiger partial charge in [-0.05, 0) is 37.1 Å². The fourth-order valence-corrected chi connectivity index (χ4v) is 1.21. The number of carbonyl (C=O) groups excluding carboxylic acids is 1. The Morgan fingerprint density at radius 1 is 1.59 bits per heavy atom. The van der Waals surface area contributed by atoms with Gasteiger partial charge < -0.3 is 4.74 Å². The summed E-state index contributed by atoms with van der Waals surface area (Å²) in [6, 6.07) is 5.24. The summed E-state index contributed by atoms with van der Waals surface area (Å²) in [6.45, 7) is 3.74. The van der Waals surface area contributed by atoms with E-state index in [1.165, 1.54) is 0 Å². The van der Waals surface area contributed by atoms with E-state index in [9.17, 15) is 4.79 Å². The summed E-state index contributed by atoms with van der Waals surface area (Å²) in [6.07, 6.45) is 2.39. The number of nitrogens with zero attached hydrogens (tertiary/aromatic N) is 1. The molecule has 1 N–H and O–H groups in total. The number of carbonyl (C=O) groups is 1. The van der Waals surface area contributed by atoms with Gasteiger partial charge in [-0.15, -0.1) is 0 Å². The van der Waals surface area contributed by atoms with Gasteiger partial charge in [0.05, 0.1) is 0 Å². The molecule has 92 valence electrons. The van der Waals surface area contributed by atoms with Crippen molar-refractivity contribution in [3.8, 4) is 5.75 Å². The van der Waals surface area contributed by atoms with E-state index in [2.05, 4.69) is 10.5 Å². The molecule has 0 aliphatic carbocycles. The highest BCUT2D eigenvalue weighted by Crippen LogP contribution is 2.20. The van der Waals surface area contributed by atoms with Gasteiger partial charge in [-0.2, -0.15) is 5.10 Å². The first-order chi connectivity index (χ1) is 8.13. The normalized spacial score (nSPS) is 10.5. The molecule has 0 atom stereocenters. The number of rotatable bonds is 5. The number of hydrogen-bond acceptors (Lipinski definition) is 3. The molecule has 4 nitrogen and oxygen atoms in total. The summed E-state index contributed by atoms with van der Waals surface area (Å²) in [5.74, 6) is 0.323.